The van der Waals surface area contributed by atoms with Gasteiger partial charge in [-0.15, -0.1) is 0 Å². The van der Waals surface area contributed by atoms with Crippen molar-refractivity contribution in [2.45, 2.75) is 0 Å². The Balaban J connectivity index is 2.85. The van der Waals surface area contributed by atoms with Crippen LogP contribution in [0.15, 0.2) is 0 Å². The van der Waals surface area contributed by atoms with E-state index in [0.717, 1.165) is 0 Å². The molecule has 0 atom stereocenters. The number of hydrazine groups is 1. The van der Waals surface area contributed by atoms with Gasteiger partial charge in [0.25, 0.3) is 0 Å². The van der Waals surface area contributed by atoms with E-state index in [1.165, 1.54) is 0 Å². The van der Waals surface area contributed by atoms with E-state index < -0.39 is 0 Å². The van der Waals surface area contributed by atoms with E-state index in [0.29, 0.717) is 0 Å². The van der Waals surface area contributed by atoms with Gasteiger partial charge in [0.1, 0.15) is 0 Å². The first-order chi connectivity index (χ1) is 2.27. The van der Waals surface area contributed by atoms with Crippen molar-refractivity contribution in [2.75, 3.05) is 0 Å². The Labute approximate surface area is 69.0 Å². The summed E-state index contributed by atoms with van der Waals surface area (Å²) in [6, 6.07) is 0. The molecule has 0 saturated heterocycles. The van der Waals surface area contributed by atoms with Crippen LogP contribution >= 0.6 is 0 Å². The average molecular weight is 145 g/mol. The maximum absolute atomic E-state index is 9.67. The first-order valence-electron chi connectivity index (χ1n) is 1.24. The predicted octanol–water partition coefficient (Wildman–Crippen LogP) is -1.26. The second kappa shape index (κ2) is 3.43. The Hall–Kier alpha value is 1.24. The molecule has 0 heterocycles. The van der Waals surface area contributed by atoms with Crippen molar-refractivity contribution >= 4 is 54.5 Å². The van der Waals surface area contributed by atoms with Crippen LogP contribution in [0.2, 0.25) is 0 Å². The van der Waals surface area contributed by atoms with E-state index in [4.69, 9.17) is 0 Å². The summed E-state index contributed by atoms with van der Waals surface area (Å²) < 4.78 is -0.00759. The fraction of sp³-hybridized carbons (Fsp3) is 0. The van der Waals surface area contributed by atoms with E-state index in [9.17, 15) is 4.79 Å². The van der Waals surface area contributed by atoms with E-state index in [1.807, 2.05) is 5.43 Å². The van der Waals surface area contributed by atoms with E-state index in [-0.39, 0.29) is 54.5 Å². The van der Waals surface area contributed by atoms with Crippen LogP contribution in [0, 0.1) is 0 Å². The molecular formula is CH3N2ORb. The predicted molar refractivity (Wildman–Crippen MR) is 18.5 cm³/mol. The van der Waals surface area contributed by atoms with Crippen LogP contribution in [0.4, 0.5) is 4.79 Å². The van der Waals surface area contributed by atoms with Crippen molar-refractivity contribution in [3.8, 4) is 0 Å². The van der Waals surface area contributed by atoms with Gasteiger partial charge in [0.15, 0.2) is 0 Å². The SMILES string of the molecule is NN[C](=O)[Rb]. The van der Waals surface area contributed by atoms with Gasteiger partial charge in [-0.1, -0.05) is 0 Å². The Morgan fingerprint density at radius 1 is 2.00 bits per heavy atom. The Morgan fingerprint density at radius 2 is 2.20 bits per heavy atom. The van der Waals surface area contributed by atoms with Gasteiger partial charge in [0.2, 0.25) is 0 Å². The summed E-state index contributed by atoms with van der Waals surface area (Å²) in [7, 11) is 0. The number of carbonyl (C=O) groups is 1. The van der Waals surface area contributed by atoms with Crippen molar-refractivity contribution in [2.24, 2.45) is 5.84 Å². The summed E-state index contributed by atoms with van der Waals surface area (Å²) >= 11 is 0.0581. The van der Waals surface area contributed by atoms with Gasteiger partial charge in [-0.05, 0) is 0 Å². The molecule has 0 aromatic rings. The fourth-order valence-corrected chi connectivity index (χ4v) is 0. The second-order valence-corrected chi connectivity index (χ2v) is 2.93. The molecule has 0 saturated carbocycles. The first kappa shape index (κ1) is 6.24. The quantitative estimate of drug-likeness (QED) is 0.253. The normalized spacial score (nSPS) is 7.00. The molecule has 0 bridgehead atoms. The molecule has 0 aliphatic heterocycles. The minimum atomic E-state index is -0.00759. The molecule has 4 heteroatoms. The number of nitrogens with one attached hydrogen (secondary N) is 1. The Morgan fingerprint density at radius 3 is 2.20 bits per heavy atom. The zero-order valence-corrected chi connectivity index (χ0v) is 7.90. The van der Waals surface area contributed by atoms with Crippen LogP contribution in [0.5, 0.6) is 0 Å². The van der Waals surface area contributed by atoms with E-state index in [2.05, 4.69) is 5.84 Å². The zero-order chi connectivity index (χ0) is 4.28. The van der Waals surface area contributed by atoms with Crippen molar-refractivity contribution in [1.29, 1.82) is 0 Å². The monoisotopic (exact) mass is 144 g/mol. The van der Waals surface area contributed by atoms with E-state index in [1.54, 1.807) is 0 Å². The second-order valence-electron chi connectivity index (χ2n) is 0.701. The topological polar surface area (TPSA) is 55.1 Å². The van der Waals surface area contributed by atoms with Crippen molar-refractivity contribution in [3.63, 3.8) is 0 Å². The van der Waals surface area contributed by atoms with Gasteiger partial charge in [-0.25, -0.2) is 0 Å². The number of amides is 1. The molecule has 3 N–H and O–H groups in total. The van der Waals surface area contributed by atoms with Crippen LogP contribution in [-0.2, 0) is 0 Å². The third-order valence-corrected chi connectivity index (χ3v) is 0.913. The van der Waals surface area contributed by atoms with Crippen molar-refractivity contribution in [1.82, 2.24) is 5.43 Å². The molecule has 24 valence electrons. The molecule has 0 rings (SSSR count). The molecule has 0 aromatic heterocycles. The maximum atomic E-state index is 9.67. The minimum absolute atomic E-state index is 0.00759. The third-order valence-electron chi connectivity index (χ3n) is 0.203. The van der Waals surface area contributed by atoms with Gasteiger partial charge < -0.3 is 0 Å². The first-order valence-corrected chi connectivity index (χ1v) is 3.70. The summed E-state index contributed by atoms with van der Waals surface area (Å²) in [5, 5.41) is 0. The van der Waals surface area contributed by atoms with Crippen LogP contribution < -0.4 is 11.3 Å². The number of rotatable bonds is 0. The average Bonchev–Trinajstić information content (AvgIpc) is 1.38. The summed E-state index contributed by atoms with van der Waals surface area (Å²) in [6.45, 7) is 0. The molecule has 0 aliphatic rings. The Kier molecular flexibility index (Phi) is 4.27. The molecule has 0 spiro atoms. The van der Waals surface area contributed by atoms with Crippen LogP contribution in [0.25, 0.3) is 0 Å². The summed E-state index contributed by atoms with van der Waals surface area (Å²) in [4.78, 5) is 9.67. The Bertz CT molecular complexity index is 44.9. The number of hydrogen-bond donors (Lipinski definition) is 2. The van der Waals surface area contributed by atoms with Crippen molar-refractivity contribution < 1.29 is 4.79 Å². The molecule has 0 fully saturated rings. The standard InChI is InChI=1S/CH3N2O.Rb/c2-3-1-4;/h2H2,(H,3,4);. The van der Waals surface area contributed by atoms with Gasteiger partial charge in [0.05, 0.1) is 0 Å². The molecule has 5 heavy (non-hydrogen) atoms. The number of carbonyl (C=O) groups excluding carboxylic acids is 1. The summed E-state index contributed by atoms with van der Waals surface area (Å²) in [6.07, 6.45) is 0. The van der Waals surface area contributed by atoms with Gasteiger partial charge in [0, 0.05) is 0 Å². The molecule has 1 amide bonds. The van der Waals surface area contributed by atoms with Gasteiger partial charge >= 0.3 is 70.6 Å². The summed E-state index contributed by atoms with van der Waals surface area (Å²) in [5.41, 5.74) is 1.98. The molecule has 0 aromatic carbocycles. The van der Waals surface area contributed by atoms with Crippen molar-refractivity contribution in [3.05, 3.63) is 0 Å². The van der Waals surface area contributed by atoms with Crippen LogP contribution in [-0.4, -0.2) is 54.5 Å². The van der Waals surface area contributed by atoms with E-state index >= 15 is 0 Å². The van der Waals surface area contributed by atoms with Crippen LogP contribution in [0.1, 0.15) is 0 Å². The number of nitrogens with two attached hydrogens (primary N) is 1. The fourth-order valence-electron chi connectivity index (χ4n) is 0. The third kappa shape index (κ3) is 5.24. The molecule has 0 aliphatic carbocycles. The van der Waals surface area contributed by atoms with Gasteiger partial charge in [-0.2, -0.15) is 0 Å². The molecular weight excluding hydrogens is 141 g/mol. The van der Waals surface area contributed by atoms with Gasteiger partial charge in [-0.3, -0.25) is 0 Å². The van der Waals surface area contributed by atoms with Crippen LogP contribution in [0.3, 0.4) is 0 Å². The zero-order valence-electron chi connectivity index (χ0n) is 2.99. The molecule has 0 unspecified atom stereocenters. The molecule has 0 radical (unpaired) electrons. The summed E-state index contributed by atoms with van der Waals surface area (Å²) in [5.74, 6) is 4.62. The molecule has 3 nitrogen and oxygen atoms in total. The number of hydrogen-bond acceptors (Lipinski definition) is 2.